The minimum atomic E-state index is -0.229. The predicted molar refractivity (Wildman–Crippen MR) is 119 cm³/mol. The first-order chi connectivity index (χ1) is 13.8. The number of hydrogen-bond donors (Lipinski definition) is 2. The van der Waals surface area contributed by atoms with Gasteiger partial charge < -0.3 is 14.9 Å². The number of ether oxygens (including phenoxy) is 1. The van der Waals surface area contributed by atoms with E-state index in [9.17, 15) is 9.90 Å². The average Bonchev–Trinajstić information content (AvgIpc) is 3.01. The van der Waals surface area contributed by atoms with Crippen LogP contribution in [-0.4, -0.2) is 35.5 Å². The third-order valence-corrected chi connectivity index (χ3v) is 5.21. The van der Waals surface area contributed by atoms with Gasteiger partial charge in [-0.15, -0.1) is 0 Å². The van der Waals surface area contributed by atoms with Crippen molar-refractivity contribution in [3.05, 3.63) is 58.2 Å². The molecule has 0 amide bonds. The van der Waals surface area contributed by atoms with Gasteiger partial charge in [0.05, 0.1) is 13.2 Å². The Morgan fingerprint density at radius 2 is 1.48 bits per heavy atom. The Morgan fingerprint density at radius 3 is 2.07 bits per heavy atom. The van der Waals surface area contributed by atoms with Crippen molar-refractivity contribution in [2.45, 2.75) is 78.7 Å². The fraction of sp³-hybridized carbons (Fsp3) is 0.560. The van der Waals surface area contributed by atoms with Gasteiger partial charge in [0.15, 0.2) is 0 Å². The smallest absolute Gasteiger partial charge is 0.331 e. The first-order valence-corrected chi connectivity index (χ1v) is 10.6. The molecule has 0 aliphatic carbocycles. The number of carbonyl (C=O) groups is 1. The van der Waals surface area contributed by atoms with E-state index in [4.69, 9.17) is 9.84 Å². The van der Waals surface area contributed by atoms with Crippen LogP contribution in [-0.2, 0) is 9.53 Å². The predicted octanol–water partition coefficient (Wildman–Crippen LogP) is 5.34. The molecule has 162 valence electrons. The zero-order valence-corrected chi connectivity index (χ0v) is 18.5. The molecule has 0 bridgehead atoms. The summed E-state index contributed by atoms with van der Waals surface area (Å²) in [5.41, 5.74) is 5.73. The summed E-state index contributed by atoms with van der Waals surface area (Å²) in [4.78, 5) is 11.2. The zero-order valence-electron chi connectivity index (χ0n) is 18.5. The molecule has 1 aliphatic heterocycles. The molecule has 1 unspecified atom stereocenters. The lowest BCUT2D eigenvalue weighted by Crippen LogP contribution is -2.09. The van der Waals surface area contributed by atoms with E-state index < -0.39 is 0 Å². The van der Waals surface area contributed by atoms with Crippen LogP contribution in [0.25, 0.3) is 0 Å². The van der Waals surface area contributed by atoms with Crippen LogP contribution >= 0.6 is 0 Å². The van der Waals surface area contributed by atoms with Crippen LogP contribution in [0.3, 0.4) is 0 Å². The standard InChI is InChI=1S/C25H38O4/c1-19(10-6-12-23(18-27)13-7-11-21(3)17-26)8-5-9-20(2)14-15-24-22(4)16-25(28)29-24/h8,11-12,14,16,24,26-27H,5-7,9-10,13,15,17-18H2,1-4H3/b19-8+,20-14+,21-11-,23-12+. The Bertz CT molecular complexity index is 677. The maximum absolute atomic E-state index is 11.2. The molecule has 1 rings (SSSR count). The zero-order chi connectivity index (χ0) is 21.6. The van der Waals surface area contributed by atoms with Crippen molar-refractivity contribution < 1.29 is 19.7 Å². The summed E-state index contributed by atoms with van der Waals surface area (Å²) in [7, 11) is 0. The molecule has 1 heterocycles. The molecule has 4 heteroatoms. The van der Waals surface area contributed by atoms with Crippen LogP contribution in [0.2, 0.25) is 0 Å². The summed E-state index contributed by atoms with van der Waals surface area (Å²) in [6, 6.07) is 0. The summed E-state index contributed by atoms with van der Waals surface area (Å²) >= 11 is 0. The molecule has 0 aromatic carbocycles. The normalized spacial score (nSPS) is 18.9. The quantitative estimate of drug-likeness (QED) is 0.322. The summed E-state index contributed by atoms with van der Waals surface area (Å²) in [6.45, 7) is 8.34. The number of cyclic esters (lactones) is 1. The highest BCUT2D eigenvalue weighted by molar-refractivity contribution is 5.85. The monoisotopic (exact) mass is 402 g/mol. The topological polar surface area (TPSA) is 66.8 Å². The first kappa shape index (κ1) is 25.1. The molecule has 0 radical (unpaired) electrons. The van der Waals surface area contributed by atoms with Crippen molar-refractivity contribution in [2.75, 3.05) is 13.2 Å². The Morgan fingerprint density at radius 1 is 0.897 bits per heavy atom. The first-order valence-electron chi connectivity index (χ1n) is 10.6. The van der Waals surface area contributed by atoms with Crippen LogP contribution in [0.15, 0.2) is 58.2 Å². The van der Waals surface area contributed by atoms with E-state index in [1.807, 2.05) is 19.9 Å². The van der Waals surface area contributed by atoms with Crippen LogP contribution in [0, 0.1) is 0 Å². The number of aliphatic hydroxyl groups is 2. The van der Waals surface area contributed by atoms with Gasteiger partial charge >= 0.3 is 5.97 Å². The number of esters is 1. The maximum Gasteiger partial charge on any atom is 0.331 e. The van der Waals surface area contributed by atoms with Gasteiger partial charge in [-0.05, 0) is 77.4 Å². The van der Waals surface area contributed by atoms with Crippen molar-refractivity contribution in [3.8, 4) is 0 Å². The van der Waals surface area contributed by atoms with Crippen molar-refractivity contribution in [3.63, 3.8) is 0 Å². The van der Waals surface area contributed by atoms with Gasteiger partial charge in [-0.3, -0.25) is 0 Å². The summed E-state index contributed by atoms with van der Waals surface area (Å²) in [5, 5.41) is 18.5. The van der Waals surface area contributed by atoms with Crippen LogP contribution in [0.1, 0.15) is 72.6 Å². The highest BCUT2D eigenvalue weighted by Crippen LogP contribution is 2.20. The Labute approximate surface area is 176 Å². The number of hydrogen-bond acceptors (Lipinski definition) is 4. The summed E-state index contributed by atoms with van der Waals surface area (Å²) < 4.78 is 5.26. The van der Waals surface area contributed by atoms with Gasteiger partial charge in [0, 0.05) is 12.5 Å². The number of allylic oxidation sites excluding steroid dienone is 5. The minimum absolute atomic E-state index is 0.0923. The van der Waals surface area contributed by atoms with Crippen molar-refractivity contribution in [1.82, 2.24) is 0 Å². The lowest BCUT2D eigenvalue weighted by Gasteiger charge is -2.09. The Kier molecular flexibility index (Phi) is 12.2. The minimum Gasteiger partial charge on any atom is -0.454 e. The molecule has 4 nitrogen and oxygen atoms in total. The second-order valence-corrected chi connectivity index (χ2v) is 8.00. The fourth-order valence-electron chi connectivity index (χ4n) is 3.16. The molecule has 1 aliphatic rings. The van der Waals surface area contributed by atoms with Crippen molar-refractivity contribution >= 4 is 5.97 Å². The SMILES string of the molecule is CC1=CC(=O)OC1C/C=C(\C)CC/C=C(\C)CC/C=C(/CO)CC/C=C(/C)CO. The number of aliphatic hydroxyl groups excluding tert-OH is 2. The second-order valence-electron chi connectivity index (χ2n) is 8.00. The second kappa shape index (κ2) is 14.1. The molecule has 0 aromatic heterocycles. The van der Waals surface area contributed by atoms with Gasteiger partial charge in [-0.25, -0.2) is 4.79 Å². The van der Waals surface area contributed by atoms with Gasteiger partial charge in [0.25, 0.3) is 0 Å². The lowest BCUT2D eigenvalue weighted by molar-refractivity contribution is -0.138. The van der Waals surface area contributed by atoms with E-state index in [2.05, 4.69) is 32.1 Å². The number of carbonyl (C=O) groups excluding carboxylic acids is 1. The largest absolute Gasteiger partial charge is 0.454 e. The molecule has 29 heavy (non-hydrogen) atoms. The van der Waals surface area contributed by atoms with Gasteiger partial charge in [-0.2, -0.15) is 0 Å². The molecule has 0 saturated carbocycles. The van der Waals surface area contributed by atoms with Crippen molar-refractivity contribution in [2.24, 2.45) is 0 Å². The fourth-order valence-corrected chi connectivity index (χ4v) is 3.16. The summed E-state index contributed by atoms with van der Waals surface area (Å²) in [5.74, 6) is -0.229. The third-order valence-electron chi connectivity index (χ3n) is 5.21. The molecule has 0 spiro atoms. The Balaban J connectivity index is 2.31. The van der Waals surface area contributed by atoms with E-state index in [-0.39, 0.29) is 25.3 Å². The molecule has 1 atom stereocenters. The van der Waals surface area contributed by atoms with Crippen LogP contribution in [0.5, 0.6) is 0 Å². The number of rotatable bonds is 13. The Hall–Kier alpha value is -1.91. The van der Waals surface area contributed by atoms with Crippen LogP contribution < -0.4 is 0 Å². The van der Waals surface area contributed by atoms with E-state index in [0.29, 0.717) is 0 Å². The molecule has 0 saturated heterocycles. The van der Waals surface area contributed by atoms with Gasteiger partial charge in [0.2, 0.25) is 0 Å². The molecule has 0 aromatic rings. The molecular formula is C25H38O4. The van der Waals surface area contributed by atoms with Crippen LogP contribution in [0.4, 0.5) is 0 Å². The molecule has 0 fully saturated rings. The maximum atomic E-state index is 11.2. The van der Waals surface area contributed by atoms with E-state index in [1.54, 1.807) is 6.08 Å². The lowest BCUT2D eigenvalue weighted by atomic mass is 10.0. The summed E-state index contributed by atoms with van der Waals surface area (Å²) in [6.07, 6.45) is 16.5. The highest BCUT2D eigenvalue weighted by Gasteiger charge is 2.21. The highest BCUT2D eigenvalue weighted by atomic mass is 16.5. The third kappa shape index (κ3) is 11.0. The van der Waals surface area contributed by atoms with E-state index >= 15 is 0 Å². The van der Waals surface area contributed by atoms with Gasteiger partial charge in [-0.1, -0.05) is 41.0 Å². The van der Waals surface area contributed by atoms with Gasteiger partial charge in [0.1, 0.15) is 6.10 Å². The molecule has 2 N–H and O–H groups in total. The molecular weight excluding hydrogens is 364 g/mol. The van der Waals surface area contributed by atoms with E-state index in [1.165, 1.54) is 11.1 Å². The average molecular weight is 403 g/mol. The van der Waals surface area contributed by atoms with Crippen molar-refractivity contribution in [1.29, 1.82) is 0 Å². The van der Waals surface area contributed by atoms with E-state index in [0.717, 1.165) is 61.7 Å².